The molecule has 0 amide bonds. The van der Waals surface area contributed by atoms with Crippen LogP contribution < -0.4 is 0 Å². The molecule has 1 aliphatic carbocycles. The summed E-state index contributed by atoms with van der Waals surface area (Å²) < 4.78 is 0. The van der Waals surface area contributed by atoms with E-state index >= 15 is 0 Å². The third-order valence-electron chi connectivity index (χ3n) is 5.00. The van der Waals surface area contributed by atoms with Gasteiger partial charge in [-0.3, -0.25) is 9.79 Å². The van der Waals surface area contributed by atoms with Crippen molar-refractivity contribution in [2.75, 3.05) is 0 Å². The molecule has 0 radical (unpaired) electrons. The Morgan fingerprint density at radius 2 is 1.59 bits per heavy atom. The maximum Gasteiger partial charge on any atom is 0.174 e. The molecule has 0 saturated carbocycles. The number of thioether (sulfide) groups is 1. The number of nitrogens with zero attached hydrogens (tertiary/aromatic N) is 1. The summed E-state index contributed by atoms with van der Waals surface area (Å²) >= 11 is 14.5. The lowest BCUT2D eigenvalue weighted by atomic mass is 9.93. The van der Waals surface area contributed by atoms with E-state index in [4.69, 9.17) is 28.2 Å². The van der Waals surface area contributed by atoms with Crippen molar-refractivity contribution in [3.05, 3.63) is 93.5 Å². The third-order valence-corrected chi connectivity index (χ3v) is 7.21. The molecule has 2 atom stereocenters. The summed E-state index contributed by atoms with van der Waals surface area (Å²) in [6.07, 6.45) is 0. The van der Waals surface area contributed by atoms with Gasteiger partial charge in [0.05, 0.1) is 32.6 Å². The monoisotopic (exact) mass is 409 g/mol. The van der Waals surface area contributed by atoms with Crippen molar-refractivity contribution < 1.29 is 4.79 Å². The first-order valence-corrected chi connectivity index (χ1v) is 10.2. The predicted molar refractivity (Wildman–Crippen MR) is 112 cm³/mol. The van der Waals surface area contributed by atoms with Gasteiger partial charge >= 0.3 is 0 Å². The van der Waals surface area contributed by atoms with Gasteiger partial charge < -0.3 is 0 Å². The molecule has 0 spiro atoms. The van der Waals surface area contributed by atoms with E-state index < -0.39 is 5.92 Å². The van der Waals surface area contributed by atoms with Gasteiger partial charge in [0.2, 0.25) is 0 Å². The van der Waals surface area contributed by atoms with Gasteiger partial charge in [-0.25, -0.2) is 0 Å². The SMILES string of the molecule is O=C1c2ccccc2C2=Nc3ccccc3S[C@H](c3cccc(Cl)c3Cl)[C@H]12. The van der Waals surface area contributed by atoms with Crippen molar-refractivity contribution in [3.63, 3.8) is 0 Å². The van der Waals surface area contributed by atoms with E-state index in [1.54, 1.807) is 17.8 Å². The molecule has 0 aromatic heterocycles. The van der Waals surface area contributed by atoms with Crippen LogP contribution in [0.4, 0.5) is 5.69 Å². The highest BCUT2D eigenvalue weighted by atomic mass is 35.5. The molecular formula is C22H13Cl2NOS. The molecular weight excluding hydrogens is 397 g/mol. The highest BCUT2D eigenvalue weighted by molar-refractivity contribution is 7.99. The second kappa shape index (κ2) is 6.52. The van der Waals surface area contributed by atoms with Gasteiger partial charge in [0.15, 0.2) is 5.78 Å². The van der Waals surface area contributed by atoms with E-state index in [1.807, 2.05) is 60.7 Å². The van der Waals surface area contributed by atoms with Gasteiger partial charge in [0, 0.05) is 16.0 Å². The average Bonchev–Trinajstić information content (AvgIpc) is 2.85. The minimum absolute atomic E-state index is 0.0886. The van der Waals surface area contributed by atoms with Crippen LogP contribution in [0.25, 0.3) is 0 Å². The largest absolute Gasteiger partial charge is 0.293 e. The maximum absolute atomic E-state index is 13.3. The quantitative estimate of drug-likeness (QED) is 0.443. The second-order valence-electron chi connectivity index (χ2n) is 6.53. The van der Waals surface area contributed by atoms with E-state index in [2.05, 4.69) is 0 Å². The Bertz CT molecular complexity index is 1120. The van der Waals surface area contributed by atoms with E-state index in [0.29, 0.717) is 10.0 Å². The van der Waals surface area contributed by atoms with Gasteiger partial charge in [0.25, 0.3) is 0 Å². The number of carbonyl (C=O) groups excluding carboxylic acids is 1. The van der Waals surface area contributed by atoms with Crippen molar-refractivity contribution in [2.45, 2.75) is 10.1 Å². The van der Waals surface area contributed by atoms with Crippen molar-refractivity contribution in [1.29, 1.82) is 0 Å². The Labute approximate surface area is 171 Å². The number of rotatable bonds is 1. The topological polar surface area (TPSA) is 29.4 Å². The Balaban J connectivity index is 1.78. The number of benzene rings is 3. The normalized spacial score (nSPS) is 20.4. The number of ketones is 1. The molecule has 0 bridgehead atoms. The highest BCUT2D eigenvalue weighted by Crippen LogP contribution is 2.53. The van der Waals surface area contributed by atoms with Crippen molar-refractivity contribution in [2.24, 2.45) is 10.9 Å². The van der Waals surface area contributed by atoms with Gasteiger partial charge in [-0.05, 0) is 23.8 Å². The molecule has 132 valence electrons. The first-order valence-electron chi connectivity index (χ1n) is 8.57. The van der Waals surface area contributed by atoms with Crippen molar-refractivity contribution in [3.8, 4) is 0 Å². The number of Topliss-reactive ketones (excluding diaryl/α,β-unsaturated/α-hetero) is 1. The fraction of sp³-hybridized carbons (Fsp3) is 0.0909. The Morgan fingerprint density at radius 1 is 0.852 bits per heavy atom. The zero-order valence-electron chi connectivity index (χ0n) is 14.0. The molecule has 0 fully saturated rings. The average molecular weight is 410 g/mol. The van der Waals surface area contributed by atoms with Gasteiger partial charge in [0.1, 0.15) is 0 Å². The smallest absolute Gasteiger partial charge is 0.174 e. The lowest BCUT2D eigenvalue weighted by molar-refractivity contribution is 0.0960. The first kappa shape index (κ1) is 17.1. The number of halogens is 2. The second-order valence-corrected chi connectivity index (χ2v) is 8.50. The van der Waals surface area contributed by atoms with Crippen LogP contribution in [0.2, 0.25) is 10.0 Å². The molecule has 3 aromatic rings. The number of para-hydroxylation sites is 1. The number of carbonyl (C=O) groups is 1. The number of hydrogen-bond acceptors (Lipinski definition) is 3. The zero-order valence-corrected chi connectivity index (χ0v) is 16.4. The van der Waals surface area contributed by atoms with Crippen LogP contribution in [0.5, 0.6) is 0 Å². The standard InChI is InChI=1S/C22H13Cl2NOS/c23-15-9-5-8-14(19(15)24)22-18-20(12-6-1-2-7-13(12)21(18)26)25-16-10-3-4-11-17(16)27-22/h1-11,18,22H/t18-,22+/m0/s1. The minimum Gasteiger partial charge on any atom is -0.293 e. The van der Waals surface area contributed by atoms with Crippen LogP contribution in [-0.4, -0.2) is 11.5 Å². The number of fused-ring (bicyclic) bond motifs is 4. The molecule has 1 heterocycles. The summed E-state index contributed by atoms with van der Waals surface area (Å²) in [4.78, 5) is 19.3. The third kappa shape index (κ3) is 2.65. The molecule has 2 aliphatic rings. The summed E-state index contributed by atoms with van der Waals surface area (Å²) in [7, 11) is 0. The molecule has 2 nitrogen and oxygen atoms in total. The van der Waals surface area contributed by atoms with Gasteiger partial charge in [-0.1, -0.05) is 71.7 Å². The molecule has 0 unspecified atom stereocenters. The molecule has 5 heteroatoms. The number of aliphatic imine (C=N–C) groups is 1. The van der Waals surface area contributed by atoms with Gasteiger partial charge in [-0.2, -0.15) is 0 Å². The Morgan fingerprint density at radius 3 is 2.44 bits per heavy atom. The van der Waals surface area contributed by atoms with Crippen LogP contribution in [0.1, 0.15) is 26.7 Å². The van der Waals surface area contributed by atoms with Crippen LogP contribution in [0.3, 0.4) is 0 Å². The molecule has 3 aromatic carbocycles. The summed E-state index contributed by atoms with van der Waals surface area (Å²) in [5, 5.41) is 0.798. The lowest BCUT2D eigenvalue weighted by Crippen LogP contribution is -2.22. The number of hydrogen-bond donors (Lipinski definition) is 0. The van der Waals surface area contributed by atoms with E-state index in [-0.39, 0.29) is 11.0 Å². The first-order chi connectivity index (χ1) is 13.1. The summed E-state index contributed by atoms with van der Waals surface area (Å²) in [6.45, 7) is 0. The van der Waals surface area contributed by atoms with Crippen LogP contribution in [0.15, 0.2) is 76.6 Å². The van der Waals surface area contributed by atoms with E-state index in [1.165, 1.54) is 0 Å². The van der Waals surface area contributed by atoms with Crippen molar-refractivity contribution in [1.82, 2.24) is 0 Å². The van der Waals surface area contributed by atoms with Crippen LogP contribution in [0, 0.1) is 5.92 Å². The minimum atomic E-state index is -0.393. The van der Waals surface area contributed by atoms with Crippen LogP contribution in [-0.2, 0) is 0 Å². The highest BCUT2D eigenvalue weighted by Gasteiger charge is 2.44. The fourth-order valence-corrected chi connectivity index (χ4v) is 5.63. The molecule has 0 saturated heterocycles. The fourth-order valence-electron chi connectivity index (χ4n) is 3.76. The van der Waals surface area contributed by atoms with Crippen molar-refractivity contribution >= 4 is 52.1 Å². The lowest BCUT2D eigenvalue weighted by Gasteiger charge is -2.22. The molecule has 1 aliphatic heterocycles. The summed E-state index contributed by atoms with van der Waals surface area (Å²) in [5.74, 6) is -0.304. The Kier molecular flexibility index (Phi) is 4.12. The van der Waals surface area contributed by atoms with E-state index in [9.17, 15) is 4.79 Å². The molecule has 5 rings (SSSR count). The maximum atomic E-state index is 13.3. The molecule has 27 heavy (non-hydrogen) atoms. The van der Waals surface area contributed by atoms with Crippen LogP contribution >= 0.6 is 35.0 Å². The van der Waals surface area contributed by atoms with E-state index in [0.717, 1.165) is 33.0 Å². The Hall–Kier alpha value is -2.07. The molecule has 0 N–H and O–H groups in total. The zero-order chi connectivity index (χ0) is 18.5. The summed E-state index contributed by atoms with van der Waals surface area (Å²) in [5.41, 5.74) is 4.20. The van der Waals surface area contributed by atoms with Gasteiger partial charge in [-0.15, -0.1) is 11.8 Å². The predicted octanol–water partition coefficient (Wildman–Crippen LogP) is 6.77. The summed E-state index contributed by atoms with van der Waals surface area (Å²) in [6, 6.07) is 21.3.